The molecule has 0 spiro atoms. The van der Waals surface area contributed by atoms with Crippen LogP contribution in [0, 0.1) is 5.82 Å². The number of amides is 2. The second-order valence-electron chi connectivity index (χ2n) is 9.11. The first kappa shape index (κ1) is 24.7. The molecule has 0 aliphatic heterocycles. The number of hydrogen-bond donors (Lipinski definition) is 1. The average molecular weight is 455 g/mol. The van der Waals surface area contributed by atoms with Crippen LogP contribution in [0.1, 0.15) is 69.9 Å². The van der Waals surface area contributed by atoms with Gasteiger partial charge in [0.2, 0.25) is 5.91 Å². The fourth-order valence-corrected chi connectivity index (χ4v) is 4.27. The zero-order chi connectivity index (χ0) is 23.8. The number of para-hydroxylation sites is 1. The van der Waals surface area contributed by atoms with Gasteiger partial charge in [0.05, 0.1) is 0 Å². The number of halogens is 1. The normalized spacial score (nSPS) is 15.2. The third-order valence-electron chi connectivity index (χ3n) is 6.31. The van der Waals surface area contributed by atoms with Gasteiger partial charge in [-0.25, -0.2) is 4.39 Å². The first-order chi connectivity index (χ1) is 15.9. The maximum Gasteiger partial charge on any atom is 0.261 e. The first-order valence-corrected chi connectivity index (χ1v) is 11.9. The molecule has 1 fully saturated rings. The Kier molecular flexibility index (Phi) is 8.87. The van der Waals surface area contributed by atoms with Gasteiger partial charge in [-0.05, 0) is 43.4 Å². The van der Waals surface area contributed by atoms with E-state index in [0.717, 1.165) is 31.2 Å². The van der Waals surface area contributed by atoms with Crippen LogP contribution in [0.25, 0.3) is 0 Å². The van der Waals surface area contributed by atoms with Crippen LogP contribution in [-0.2, 0) is 16.1 Å². The summed E-state index contributed by atoms with van der Waals surface area (Å²) < 4.78 is 20.2. The van der Waals surface area contributed by atoms with E-state index < -0.39 is 11.9 Å². The lowest BCUT2D eigenvalue weighted by Crippen LogP contribution is -2.51. The number of benzene rings is 2. The van der Waals surface area contributed by atoms with Crippen LogP contribution < -0.4 is 10.1 Å². The predicted molar refractivity (Wildman–Crippen MR) is 127 cm³/mol. The van der Waals surface area contributed by atoms with E-state index in [1.54, 1.807) is 25.1 Å². The van der Waals surface area contributed by atoms with E-state index in [2.05, 4.69) is 19.2 Å². The van der Waals surface area contributed by atoms with Gasteiger partial charge in [0.1, 0.15) is 17.6 Å². The minimum Gasteiger partial charge on any atom is -0.483 e. The molecule has 5 nitrogen and oxygen atoms in total. The molecule has 2 amide bonds. The standard InChI is InChI=1S/C27H35FN2O3/c1-19(2)23-14-8-10-16-25(23)33-18-26(31)30(17-21-11-7-9-15-24(21)28)20(3)27(32)29-22-12-5-4-6-13-22/h7-11,14-16,19-20,22H,4-6,12-13,17-18H2,1-3H3,(H,29,32)/t20-/m1/s1. The summed E-state index contributed by atoms with van der Waals surface area (Å²) in [5.74, 6) is -0.0875. The summed E-state index contributed by atoms with van der Waals surface area (Å²) in [7, 11) is 0. The Labute approximate surface area is 196 Å². The number of nitrogens with zero attached hydrogens (tertiary/aromatic N) is 1. The van der Waals surface area contributed by atoms with Crippen LogP contribution in [0.3, 0.4) is 0 Å². The van der Waals surface area contributed by atoms with Crippen LogP contribution in [0.2, 0.25) is 0 Å². The molecule has 0 radical (unpaired) electrons. The van der Waals surface area contributed by atoms with E-state index in [1.807, 2.05) is 24.3 Å². The summed E-state index contributed by atoms with van der Waals surface area (Å²) in [6.07, 6.45) is 5.29. The van der Waals surface area contributed by atoms with E-state index >= 15 is 0 Å². The fraction of sp³-hybridized carbons (Fsp3) is 0.481. The topological polar surface area (TPSA) is 58.6 Å². The summed E-state index contributed by atoms with van der Waals surface area (Å²) in [5.41, 5.74) is 1.37. The van der Waals surface area contributed by atoms with Crippen LogP contribution >= 0.6 is 0 Å². The van der Waals surface area contributed by atoms with Crippen LogP contribution in [0.15, 0.2) is 48.5 Å². The van der Waals surface area contributed by atoms with Gasteiger partial charge in [-0.3, -0.25) is 9.59 Å². The lowest BCUT2D eigenvalue weighted by Gasteiger charge is -2.31. The molecule has 0 bridgehead atoms. The Morgan fingerprint density at radius 2 is 1.70 bits per heavy atom. The highest BCUT2D eigenvalue weighted by molar-refractivity contribution is 5.88. The molecular formula is C27H35FN2O3. The molecule has 6 heteroatoms. The van der Waals surface area contributed by atoms with Gasteiger partial charge in [-0.1, -0.05) is 69.5 Å². The molecule has 0 heterocycles. The maximum absolute atomic E-state index is 14.4. The van der Waals surface area contributed by atoms with Gasteiger partial charge in [0, 0.05) is 18.2 Å². The average Bonchev–Trinajstić information content (AvgIpc) is 2.82. The second kappa shape index (κ2) is 11.8. The molecule has 1 atom stereocenters. The molecule has 1 aliphatic rings. The highest BCUT2D eigenvalue weighted by Crippen LogP contribution is 2.26. The smallest absolute Gasteiger partial charge is 0.261 e. The number of rotatable bonds is 9. The summed E-state index contributed by atoms with van der Waals surface area (Å²) >= 11 is 0. The van der Waals surface area contributed by atoms with Crippen molar-refractivity contribution in [1.29, 1.82) is 0 Å². The van der Waals surface area contributed by atoms with Crippen LogP contribution in [-0.4, -0.2) is 35.4 Å². The quantitative estimate of drug-likeness (QED) is 0.567. The molecule has 2 aromatic rings. The van der Waals surface area contributed by atoms with Crippen molar-refractivity contribution in [3.05, 3.63) is 65.5 Å². The second-order valence-corrected chi connectivity index (χ2v) is 9.11. The number of hydrogen-bond acceptors (Lipinski definition) is 3. The van der Waals surface area contributed by atoms with Crippen molar-refractivity contribution in [1.82, 2.24) is 10.2 Å². The van der Waals surface area contributed by atoms with Crippen molar-refractivity contribution in [3.63, 3.8) is 0 Å². The van der Waals surface area contributed by atoms with Crippen molar-refractivity contribution in [2.24, 2.45) is 0 Å². The molecule has 0 unspecified atom stereocenters. The first-order valence-electron chi connectivity index (χ1n) is 11.9. The molecule has 0 saturated heterocycles. The van der Waals surface area contributed by atoms with Crippen molar-refractivity contribution in [3.8, 4) is 5.75 Å². The minimum absolute atomic E-state index is 0.0000522. The van der Waals surface area contributed by atoms with Crippen LogP contribution in [0.5, 0.6) is 5.75 Å². The van der Waals surface area contributed by atoms with Gasteiger partial charge < -0.3 is 15.0 Å². The Morgan fingerprint density at radius 1 is 1.03 bits per heavy atom. The summed E-state index contributed by atoms with van der Waals surface area (Å²) in [5, 5.41) is 3.08. The van der Waals surface area contributed by atoms with Gasteiger partial charge in [-0.2, -0.15) is 0 Å². The molecule has 0 aromatic heterocycles. The molecule has 2 aromatic carbocycles. The van der Waals surface area contributed by atoms with Crippen molar-refractivity contribution >= 4 is 11.8 Å². The molecular weight excluding hydrogens is 419 g/mol. The molecule has 33 heavy (non-hydrogen) atoms. The largest absolute Gasteiger partial charge is 0.483 e. The van der Waals surface area contributed by atoms with Crippen molar-refractivity contribution < 1.29 is 18.7 Å². The minimum atomic E-state index is -0.747. The van der Waals surface area contributed by atoms with Crippen LogP contribution in [0.4, 0.5) is 4.39 Å². The van der Waals surface area contributed by atoms with Crippen molar-refractivity contribution in [2.75, 3.05) is 6.61 Å². The predicted octanol–water partition coefficient (Wildman–Crippen LogP) is 5.19. The fourth-order valence-electron chi connectivity index (χ4n) is 4.27. The summed E-state index contributed by atoms with van der Waals surface area (Å²) in [4.78, 5) is 27.7. The van der Waals surface area contributed by atoms with E-state index in [4.69, 9.17) is 4.74 Å². The zero-order valence-electron chi connectivity index (χ0n) is 19.9. The Bertz CT molecular complexity index is 940. The highest BCUT2D eigenvalue weighted by Gasteiger charge is 2.29. The Hall–Kier alpha value is -2.89. The number of carbonyl (C=O) groups is 2. The number of carbonyl (C=O) groups excluding carboxylic acids is 2. The van der Waals surface area contributed by atoms with Gasteiger partial charge in [0.15, 0.2) is 6.61 Å². The maximum atomic E-state index is 14.4. The number of ether oxygens (including phenoxy) is 1. The summed E-state index contributed by atoms with van der Waals surface area (Å²) in [6.45, 7) is 5.59. The van der Waals surface area contributed by atoms with E-state index in [9.17, 15) is 14.0 Å². The SMILES string of the molecule is CC(C)c1ccccc1OCC(=O)N(Cc1ccccc1F)[C@H](C)C(=O)NC1CCCCC1. The lowest BCUT2D eigenvalue weighted by atomic mass is 9.95. The molecule has 1 aliphatic carbocycles. The molecule has 1 N–H and O–H groups in total. The zero-order valence-corrected chi connectivity index (χ0v) is 19.9. The van der Waals surface area contributed by atoms with E-state index in [-0.39, 0.29) is 36.9 Å². The summed E-state index contributed by atoms with van der Waals surface area (Å²) in [6, 6.07) is 13.3. The van der Waals surface area contributed by atoms with Gasteiger partial charge in [0.25, 0.3) is 5.91 Å². The van der Waals surface area contributed by atoms with E-state index in [1.165, 1.54) is 17.4 Å². The Balaban J connectivity index is 1.75. The number of nitrogens with one attached hydrogen (secondary N) is 1. The monoisotopic (exact) mass is 454 g/mol. The van der Waals surface area contributed by atoms with Crippen molar-refractivity contribution in [2.45, 2.75) is 77.4 Å². The third-order valence-corrected chi connectivity index (χ3v) is 6.31. The molecule has 1 saturated carbocycles. The van der Waals surface area contributed by atoms with Gasteiger partial charge in [-0.15, -0.1) is 0 Å². The third kappa shape index (κ3) is 6.80. The highest BCUT2D eigenvalue weighted by atomic mass is 19.1. The van der Waals surface area contributed by atoms with Gasteiger partial charge >= 0.3 is 0 Å². The lowest BCUT2D eigenvalue weighted by molar-refractivity contribution is -0.142. The molecule has 3 rings (SSSR count). The molecule has 178 valence electrons. The Morgan fingerprint density at radius 3 is 2.39 bits per heavy atom. The van der Waals surface area contributed by atoms with E-state index in [0.29, 0.717) is 11.3 Å².